The van der Waals surface area contributed by atoms with Gasteiger partial charge < -0.3 is 15.7 Å². The largest absolute Gasteiger partial charge is 0.398 e. The highest BCUT2D eigenvalue weighted by Crippen LogP contribution is 2.44. The van der Waals surface area contributed by atoms with Gasteiger partial charge in [0.05, 0.1) is 11.6 Å². The predicted octanol–water partition coefficient (Wildman–Crippen LogP) is 3.13. The Bertz CT molecular complexity index is 497. The summed E-state index contributed by atoms with van der Waals surface area (Å²) in [4.78, 5) is 3.60. The summed E-state index contributed by atoms with van der Waals surface area (Å²) in [6.07, 6.45) is 5.12. The number of anilines is 1. The number of nitrogen functional groups attached to an aromatic ring is 1. The number of nitrogens with zero attached hydrogens (tertiary/aromatic N) is 1. The van der Waals surface area contributed by atoms with Crippen LogP contribution in [0.1, 0.15) is 31.2 Å². The zero-order valence-corrected chi connectivity index (χ0v) is 13.3. The molecule has 0 radical (unpaired) electrons. The number of rotatable bonds is 3. The van der Waals surface area contributed by atoms with Gasteiger partial charge in [-0.2, -0.15) is 0 Å². The van der Waals surface area contributed by atoms with Crippen LogP contribution in [0.3, 0.4) is 0 Å². The van der Waals surface area contributed by atoms with Crippen molar-refractivity contribution in [2.24, 2.45) is 0 Å². The van der Waals surface area contributed by atoms with Crippen LogP contribution < -0.4 is 5.73 Å². The van der Waals surface area contributed by atoms with E-state index in [1.165, 1.54) is 25.7 Å². The summed E-state index contributed by atoms with van der Waals surface area (Å²) < 4.78 is 0. The van der Waals surface area contributed by atoms with Gasteiger partial charge in [0, 0.05) is 33.5 Å². The fraction of sp³-hybridized carbons (Fsp3) is 0.600. The second-order valence-electron chi connectivity index (χ2n) is 5.87. The SMILES string of the molecule is CN1C2CCC1CC(Sc1ccc(N)c(CO)c1Cl)C2. The molecule has 2 bridgehead atoms. The molecule has 5 heteroatoms. The molecule has 2 atom stereocenters. The van der Waals surface area contributed by atoms with E-state index in [4.69, 9.17) is 17.3 Å². The first-order valence-electron chi connectivity index (χ1n) is 7.16. The minimum absolute atomic E-state index is 0.0995. The first kappa shape index (κ1) is 14.5. The Balaban J connectivity index is 1.76. The third-order valence-corrected chi connectivity index (χ3v) is 6.61. The molecule has 3 nitrogen and oxygen atoms in total. The molecule has 0 saturated carbocycles. The number of aliphatic hydroxyl groups excluding tert-OH is 1. The lowest BCUT2D eigenvalue weighted by Crippen LogP contribution is -2.40. The zero-order valence-electron chi connectivity index (χ0n) is 11.7. The lowest BCUT2D eigenvalue weighted by Gasteiger charge is -2.36. The highest BCUT2D eigenvalue weighted by atomic mass is 35.5. The van der Waals surface area contributed by atoms with Crippen molar-refractivity contribution in [1.29, 1.82) is 0 Å². The molecular formula is C15H21ClN2OS. The highest BCUT2D eigenvalue weighted by molar-refractivity contribution is 8.00. The van der Waals surface area contributed by atoms with Crippen LogP contribution >= 0.6 is 23.4 Å². The first-order valence-corrected chi connectivity index (χ1v) is 8.42. The van der Waals surface area contributed by atoms with Crippen LogP contribution in [-0.4, -0.2) is 34.4 Å². The van der Waals surface area contributed by atoms with Crippen LogP contribution in [0.25, 0.3) is 0 Å². The Labute approximate surface area is 129 Å². The molecule has 2 saturated heterocycles. The normalized spacial score (nSPS) is 29.9. The van der Waals surface area contributed by atoms with Crippen molar-refractivity contribution in [3.63, 3.8) is 0 Å². The molecule has 1 aromatic rings. The Morgan fingerprint density at radius 3 is 2.60 bits per heavy atom. The smallest absolute Gasteiger partial charge is 0.0717 e. The number of aliphatic hydroxyl groups is 1. The van der Waals surface area contributed by atoms with Gasteiger partial charge in [0.1, 0.15) is 0 Å². The van der Waals surface area contributed by atoms with Crippen LogP contribution in [0.4, 0.5) is 5.69 Å². The minimum Gasteiger partial charge on any atom is -0.398 e. The molecule has 0 aromatic heterocycles. The third kappa shape index (κ3) is 2.54. The minimum atomic E-state index is -0.0995. The first-order chi connectivity index (χ1) is 9.60. The fourth-order valence-electron chi connectivity index (χ4n) is 3.50. The topological polar surface area (TPSA) is 49.5 Å². The van der Waals surface area contributed by atoms with E-state index in [0.29, 0.717) is 21.5 Å². The standard InChI is InChI=1S/C15H21ClN2OS/c1-18-9-2-3-10(18)7-11(6-9)20-14-5-4-13(17)12(8-19)15(14)16/h4-5,9-11,19H,2-3,6-8,17H2,1H3. The second kappa shape index (κ2) is 5.76. The van der Waals surface area contributed by atoms with Crippen LogP contribution in [0.5, 0.6) is 0 Å². The summed E-state index contributed by atoms with van der Waals surface area (Å²) in [6.45, 7) is -0.0995. The van der Waals surface area contributed by atoms with Crippen LogP contribution in [0.2, 0.25) is 5.02 Å². The van der Waals surface area contributed by atoms with Crippen LogP contribution in [-0.2, 0) is 6.61 Å². The van der Waals surface area contributed by atoms with Gasteiger partial charge in [-0.05, 0) is 44.9 Å². The zero-order chi connectivity index (χ0) is 14.3. The summed E-state index contributed by atoms with van der Waals surface area (Å²) in [6, 6.07) is 5.30. The average molecular weight is 313 g/mol. The molecule has 2 aliphatic rings. The predicted molar refractivity (Wildman–Crippen MR) is 85.2 cm³/mol. The van der Waals surface area contributed by atoms with Gasteiger partial charge in [-0.15, -0.1) is 11.8 Å². The molecule has 2 unspecified atom stereocenters. The second-order valence-corrected chi connectivity index (χ2v) is 7.59. The number of hydrogen-bond donors (Lipinski definition) is 2. The third-order valence-electron chi connectivity index (χ3n) is 4.75. The van der Waals surface area contributed by atoms with Crippen molar-refractivity contribution in [1.82, 2.24) is 4.90 Å². The van der Waals surface area contributed by atoms with E-state index >= 15 is 0 Å². The summed E-state index contributed by atoms with van der Waals surface area (Å²) in [5, 5.41) is 10.6. The lowest BCUT2D eigenvalue weighted by molar-refractivity contribution is 0.183. The van der Waals surface area contributed by atoms with Crippen molar-refractivity contribution in [2.75, 3.05) is 12.8 Å². The van der Waals surface area contributed by atoms with Gasteiger partial charge >= 0.3 is 0 Å². The summed E-state index contributed by atoms with van der Waals surface area (Å²) in [5.41, 5.74) is 7.08. The molecule has 110 valence electrons. The molecule has 2 aliphatic heterocycles. The molecule has 20 heavy (non-hydrogen) atoms. The number of fused-ring (bicyclic) bond motifs is 2. The monoisotopic (exact) mass is 312 g/mol. The maximum absolute atomic E-state index is 9.38. The number of thioether (sulfide) groups is 1. The number of piperidine rings is 1. The van der Waals surface area contributed by atoms with E-state index in [1.807, 2.05) is 23.9 Å². The Kier molecular flexibility index (Phi) is 4.18. The van der Waals surface area contributed by atoms with Crippen LogP contribution in [0.15, 0.2) is 17.0 Å². The average Bonchev–Trinajstić information content (AvgIpc) is 2.65. The Morgan fingerprint density at radius 2 is 2.00 bits per heavy atom. The Hall–Kier alpha value is -0.420. The van der Waals surface area contributed by atoms with Gasteiger partial charge in [-0.3, -0.25) is 0 Å². The lowest BCUT2D eigenvalue weighted by atomic mass is 10.0. The summed E-state index contributed by atoms with van der Waals surface area (Å²) in [5.74, 6) is 0. The molecule has 2 heterocycles. The molecule has 3 rings (SSSR count). The molecule has 2 fully saturated rings. The quantitative estimate of drug-likeness (QED) is 0.842. The van der Waals surface area contributed by atoms with E-state index in [0.717, 1.165) is 17.0 Å². The van der Waals surface area contributed by atoms with E-state index in [1.54, 1.807) is 0 Å². The maximum atomic E-state index is 9.38. The van der Waals surface area contributed by atoms with Gasteiger partial charge in [0.15, 0.2) is 0 Å². The molecular weight excluding hydrogens is 292 g/mol. The molecule has 3 N–H and O–H groups in total. The van der Waals surface area contributed by atoms with E-state index in [2.05, 4.69) is 11.9 Å². The van der Waals surface area contributed by atoms with E-state index in [9.17, 15) is 5.11 Å². The van der Waals surface area contributed by atoms with Crippen molar-refractivity contribution in [2.45, 2.75) is 54.5 Å². The fourth-order valence-corrected chi connectivity index (χ4v) is 5.24. The molecule has 1 aromatic carbocycles. The maximum Gasteiger partial charge on any atom is 0.0717 e. The van der Waals surface area contributed by atoms with E-state index in [-0.39, 0.29) is 6.61 Å². The Morgan fingerprint density at radius 1 is 1.35 bits per heavy atom. The summed E-state index contributed by atoms with van der Waals surface area (Å²) in [7, 11) is 2.25. The van der Waals surface area contributed by atoms with Crippen molar-refractivity contribution < 1.29 is 5.11 Å². The van der Waals surface area contributed by atoms with Gasteiger partial charge in [-0.25, -0.2) is 0 Å². The molecule has 0 spiro atoms. The van der Waals surface area contributed by atoms with Crippen molar-refractivity contribution >= 4 is 29.1 Å². The van der Waals surface area contributed by atoms with Crippen molar-refractivity contribution in [3.05, 3.63) is 22.7 Å². The number of benzene rings is 1. The van der Waals surface area contributed by atoms with Gasteiger partial charge in [0.25, 0.3) is 0 Å². The van der Waals surface area contributed by atoms with Crippen LogP contribution in [0, 0.1) is 0 Å². The van der Waals surface area contributed by atoms with Crippen molar-refractivity contribution in [3.8, 4) is 0 Å². The van der Waals surface area contributed by atoms with E-state index < -0.39 is 0 Å². The molecule has 0 aliphatic carbocycles. The number of halogens is 1. The molecule has 0 amide bonds. The number of nitrogens with two attached hydrogens (primary N) is 1. The number of hydrogen-bond acceptors (Lipinski definition) is 4. The van der Waals surface area contributed by atoms with Gasteiger partial charge in [0.2, 0.25) is 0 Å². The highest BCUT2D eigenvalue weighted by Gasteiger charge is 2.38. The van der Waals surface area contributed by atoms with Gasteiger partial charge in [-0.1, -0.05) is 11.6 Å². The summed E-state index contributed by atoms with van der Waals surface area (Å²) >= 11 is 8.23.